The number of nitrogens with one attached hydrogen (secondary N) is 1. The second-order valence-corrected chi connectivity index (χ2v) is 10.4. The van der Waals surface area contributed by atoms with Gasteiger partial charge in [0.1, 0.15) is 16.8 Å². The third kappa shape index (κ3) is 4.44. The quantitative estimate of drug-likeness (QED) is 0.624. The van der Waals surface area contributed by atoms with Crippen LogP contribution < -0.4 is 4.74 Å². The Labute approximate surface area is 203 Å². The van der Waals surface area contributed by atoms with Gasteiger partial charge >= 0.3 is 0 Å². The van der Waals surface area contributed by atoms with Gasteiger partial charge in [0.05, 0.1) is 11.6 Å². The zero-order valence-corrected chi connectivity index (χ0v) is 20.1. The first-order valence-electron chi connectivity index (χ1n) is 11.8. The molecular formula is C26H28N6O3. The molecule has 2 atom stereocenters. The first kappa shape index (κ1) is 22.8. The van der Waals surface area contributed by atoms with Crippen molar-refractivity contribution < 1.29 is 14.3 Å². The molecule has 9 nitrogen and oxygen atoms in total. The molecule has 180 valence electrons. The molecule has 3 aromatic rings. The van der Waals surface area contributed by atoms with Crippen LogP contribution in [-0.2, 0) is 10.2 Å². The van der Waals surface area contributed by atoms with Crippen LogP contribution in [0.1, 0.15) is 42.3 Å². The molecule has 2 fully saturated rings. The Hall–Kier alpha value is -3.93. The molecule has 5 rings (SSSR count). The van der Waals surface area contributed by atoms with Crippen LogP contribution in [0.5, 0.6) is 5.75 Å². The van der Waals surface area contributed by atoms with Crippen LogP contribution in [0.25, 0.3) is 11.0 Å². The summed E-state index contributed by atoms with van der Waals surface area (Å²) in [7, 11) is 0. The first-order valence-corrected chi connectivity index (χ1v) is 11.8. The molecule has 3 heterocycles. The van der Waals surface area contributed by atoms with Crippen molar-refractivity contribution in [3.05, 3.63) is 53.1 Å². The predicted octanol–water partition coefficient (Wildman–Crippen LogP) is 2.74. The number of benzene rings is 2. The van der Waals surface area contributed by atoms with Crippen LogP contribution in [0.4, 0.5) is 0 Å². The Morgan fingerprint density at radius 1 is 1.03 bits per heavy atom. The number of aromatic nitrogens is 3. The molecule has 0 spiro atoms. The van der Waals surface area contributed by atoms with Gasteiger partial charge in [-0.15, -0.1) is 0 Å². The second-order valence-electron chi connectivity index (χ2n) is 10.4. The molecule has 2 saturated heterocycles. The molecule has 2 aromatic carbocycles. The van der Waals surface area contributed by atoms with E-state index in [1.165, 1.54) is 0 Å². The van der Waals surface area contributed by atoms with Gasteiger partial charge in [-0.3, -0.25) is 9.59 Å². The molecular weight excluding hydrogens is 444 g/mol. The summed E-state index contributed by atoms with van der Waals surface area (Å²) in [6.45, 7) is 8.62. The van der Waals surface area contributed by atoms with E-state index < -0.39 is 0 Å². The minimum absolute atomic E-state index is 0.0129. The summed E-state index contributed by atoms with van der Waals surface area (Å²) in [4.78, 5) is 29.7. The molecule has 9 heteroatoms. The van der Waals surface area contributed by atoms with Gasteiger partial charge in [0.15, 0.2) is 6.61 Å². The number of likely N-dealkylation sites (tertiary alicyclic amines) is 2. The number of H-pyrrole nitrogens is 1. The number of hydrogen-bond acceptors (Lipinski definition) is 6. The van der Waals surface area contributed by atoms with Crippen molar-refractivity contribution in [2.45, 2.75) is 26.2 Å². The lowest BCUT2D eigenvalue weighted by Gasteiger charge is -2.24. The van der Waals surface area contributed by atoms with Gasteiger partial charge in [-0.1, -0.05) is 20.8 Å². The van der Waals surface area contributed by atoms with Crippen LogP contribution in [0.15, 0.2) is 36.4 Å². The Balaban J connectivity index is 1.18. The van der Waals surface area contributed by atoms with Crippen molar-refractivity contribution in [3.8, 4) is 11.8 Å². The molecule has 0 bridgehead atoms. The third-order valence-electron chi connectivity index (χ3n) is 6.96. The zero-order valence-electron chi connectivity index (χ0n) is 20.1. The molecule has 0 radical (unpaired) electrons. The van der Waals surface area contributed by atoms with Crippen molar-refractivity contribution in [3.63, 3.8) is 0 Å². The lowest BCUT2D eigenvalue weighted by atomic mass is 9.85. The van der Waals surface area contributed by atoms with Gasteiger partial charge in [0.25, 0.3) is 11.8 Å². The minimum Gasteiger partial charge on any atom is -0.483 e. The van der Waals surface area contributed by atoms with Gasteiger partial charge in [-0.25, -0.2) is 0 Å². The maximum atomic E-state index is 13.0. The van der Waals surface area contributed by atoms with Crippen LogP contribution in [0, 0.1) is 23.2 Å². The van der Waals surface area contributed by atoms with Gasteiger partial charge in [-0.05, 0) is 41.8 Å². The SMILES string of the molecule is CC(C)(C)c1cc(C#N)ccc1OCC(=O)N1CC2CN(C(=O)c3ccc4n[nH]nc4c3)CC2C1. The highest BCUT2D eigenvalue weighted by Gasteiger charge is 2.43. The second kappa shape index (κ2) is 8.69. The number of fused-ring (bicyclic) bond motifs is 2. The average molecular weight is 473 g/mol. The summed E-state index contributed by atoms with van der Waals surface area (Å²) in [6, 6.07) is 12.8. The summed E-state index contributed by atoms with van der Waals surface area (Å²) in [6.07, 6.45) is 0. The van der Waals surface area contributed by atoms with Crippen LogP contribution in [0.2, 0.25) is 0 Å². The van der Waals surface area contributed by atoms with E-state index in [9.17, 15) is 14.9 Å². The van der Waals surface area contributed by atoms with E-state index in [1.54, 1.807) is 30.3 Å². The fourth-order valence-corrected chi connectivity index (χ4v) is 5.06. The van der Waals surface area contributed by atoms with Gasteiger partial charge in [0, 0.05) is 49.1 Å². The number of hydrogen-bond donors (Lipinski definition) is 1. The number of rotatable bonds is 4. The summed E-state index contributed by atoms with van der Waals surface area (Å²) >= 11 is 0. The Morgan fingerprint density at radius 2 is 1.71 bits per heavy atom. The maximum absolute atomic E-state index is 13.0. The highest BCUT2D eigenvalue weighted by Crippen LogP contribution is 2.34. The summed E-state index contributed by atoms with van der Waals surface area (Å²) in [5, 5.41) is 19.9. The summed E-state index contributed by atoms with van der Waals surface area (Å²) in [5.74, 6) is 1.08. The number of nitrogens with zero attached hydrogens (tertiary/aromatic N) is 5. The molecule has 35 heavy (non-hydrogen) atoms. The first-order chi connectivity index (χ1) is 16.7. The Morgan fingerprint density at radius 3 is 2.40 bits per heavy atom. The number of carbonyl (C=O) groups is 2. The van der Waals surface area contributed by atoms with Crippen LogP contribution >= 0.6 is 0 Å². The lowest BCUT2D eigenvalue weighted by Crippen LogP contribution is -2.37. The fraction of sp³-hybridized carbons (Fsp3) is 0.423. The highest BCUT2D eigenvalue weighted by atomic mass is 16.5. The summed E-state index contributed by atoms with van der Waals surface area (Å²) < 4.78 is 5.93. The zero-order chi connectivity index (χ0) is 24.7. The Bertz CT molecular complexity index is 1320. The van der Waals surface area contributed by atoms with Crippen molar-refractivity contribution in [1.82, 2.24) is 25.2 Å². The van der Waals surface area contributed by atoms with E-state index in [0.717, 1.165) is 11.1 Å². The number of carbonyl (C=O) groups excluding carboxylic acids is 2. The minimum atomic E-state index is -0.218. The molecule has 1 aromatic heterocycles. The lowest BCUT2D eigenvalue weighted by molar-refractivity contribution is -0.132. The predicted molar refractivity (Wildman–Crippen MR) is 129 cm³/mol. The molecule has 2 aliphatic rings. The standard InChI is InChI=1S/C26H28N6O3/c1-26(2,3)20-8-16(10-27)4-7-23(20)35-15-24(33)31-11-18-13-32(14-19(18)12-31)25(34)17-5-6-21-22(9-17)29-30-28-21/h4-9,18-19H,11-15H2,1-3H3,(H,28,29,30). The van der Waals surface area contributed by atoms with E-state index in [0.29, 0.717) is 48.6 Å². The average Bonchev–Trinajstić information content (AvgIpc) is 3.55. The molecule has 1 N–H and O–H groups in total. The Kier molecular flexibility index (Phi) is 5.67. The van der Waals surface area contributed by atoms with E-state index in [4.69, 9.17) is 4.74 Å². The number of aromatic amines is 1. The number of ether oxygens (including phenoxy) is 1. The van der Waals surface area contributed by atoms with E-state index in [1.807, 2.05) is 15.9 Å². The van der Waals surface area contributed by atoms with Gasteiger partial charge in [-0.2, -0.15) is 20.7 Å². The molecule has 2 amide bonds. The van der Waals surface area contributed by atoms with Crippen molar-refractivity contribution in [2.75, 3.05) is 32.8 Å². The van der Waals surface area contributed by atoms with Crippen molar-refractivity contribution in [2.24, 2.45) is 11.8 Å². The van der Waals surface area contributed by atoms with Crippen molar-refractivity contribution >= 4 is 22.8 Å². The fourth-order valence-electron chi connectivity index (χ4n) is 5.06. The number of amides is 2. The largest absolute Gasteiger partial charge is 0.483 e. The van der Waals surface area contributed by atoms with E-state index in [2.05, 4.69) is 42.3 Å². The van der Waals surface area contributed by atoms with Gasteiger partial charge in [0.2, 0.25) is 0 Å². The molecule has 2 aliphatic heterocycles. The van der Waals surface area contributed by atoms with Gasteiger partial charge < -0.3 is 14.5 Å². The van der Waals surface area contributed by atoms with E-state index in [-0.39, 0.29) is 35.7 Å². The third-order valence-corrected chi connectivity index (χ3v) is 6.96. The normalized spacial score (nSPS) is 19.6. The van der Waals surface area contributed by atoms with Crippen molar-refractivity contribution in [1.29, 1.82) is 5.26 Å². The molecule has 0 saturated carbocycles. The molecule has 2 unspecified atom stereocenters. The summed E-state index contributed by atoms with van der Waals surface area (Å²) in [5.41, 5.74) is 3.26. The molecule has 0 aliphatic carbocycles. The van der Waals surface area contributed by atoms with E-state index >= 15 is 0 Å². The topological polar surface area (TPSA) is 115 Å². The smallest absolute Gasteiger partial charge is 0.260 e. The number of nitriles is 1. The maximum Gasteiger partial charge on any atom is 0.260 e. The monoisotopic (exact) mass is 472 g/mol. The van der Waals surface area contributed by atoms with Crippen LogP contribution in [-0.4, -0.2) is 69.8 Å². The highest BCUT2D eigenvalue weighted by molar-refractivity contribution is 5.97. The van der Waals surface area contributed by atoms with Crippen LogP contribution in [0.3, 0.4) is 0 Å².